The number of rotatable bonds is 7. The minimum atomic E-state index is -5.04. The third-order valence-corrected chi connectivity index (χ3v) is 11.1. The van der Waals surface area contributed by atoms with Gasteiger partial charge >= 0.3 is 12.4 Å². The summed E-state index contributed by atoms with van der Waals surface area (Å²) < 4.78 is 87.4. The summed E-state index contributed by atoms with van der Waals surface area (Å²) in [4.78, 5) is 14.8. The van der Waals surface area contributed by atoms with Gasteiger partial charge in [0.15, 0.2) is 17.5 Å². The van der Waals surface area contributed by atoms with E-state index in [4.69, 9.17) is 15.0 Å². The summed E-state index contributed by atoms with van der Waals surface area (Å²) in [5.74, 6) is 0.826. The maximum atomic E-state index is 14.2. The topological polar surface area (TPSA) is 43.6 Å². The number of hydrogen-bond acceptors (Lipinski definition) is 3. The molecule has 0 unspecified atom stereocenters. The molecule has 0 aliphatic heterocycles. The molecule has 2 aromatic heterocycles. The van der Waals surface area contributed by atoms with Crippen molar-refractivity contribution in [1.29, 1.82) is 0 Å². The second-order valence-corrected chi connectivity index (χ2v) is 15.1. The van der Waals surface area contributed by atoms with Crippen molar-refractivity contribution in [3.63, 3.8) is 0 Å². The zero-order valence-corrected chi connectivity index (χ0v) is 33.0. The number of hydrogen-bond donors (Lipinski definition) is 0. The van der Waals surface area contributed by atoms with Crippen LogP contribution in [0.25, 0.3) is 95.0 Å². The van der Waals surface area contributed by atoms with Gasteiger partial charge in [-0.2, -0.15) is 26.3 Å². The van der Waals surface area contributed by atoms with Gasteiger partial charge in [-0.3, -0.25) is 0 Å². The molecule has 0 aliphatic carbocycles. The van der Waals surface area contributed by atoms with Crippen molar-refractivity contribution >= 4 is 21.8 Å². The lowest BCUT2D eigenvalue weighted by molar-refractivity contribution is -0.143. The second kappa shape index (κ2) is 15.6. The van der Waals surface area contributed by atoms with Crippen molar-refractivity contribution in [2.75, 3.05) is 0 Å². The van der Waals surface area contributed by atoms with Gasteiger partial charge in [0.25, 0.3) is 0 Å². The lowest BCUT2D eigenvalue weighted by Crippen LogP contribution is -2.11. The molecule has 0 atom stereocenters. The third kappa shape index (κ3) is 7.61. The molecular weight excluding hydrogens is 807 g/mol. The van der Waals surface area contributed by atoms with Crippen LogP contribution in [0.1, 0.15) is 11.1 Å². The first kappa shape index (κ1) is 39.3. The molecule has 10 heteroatoms. The first-order valence-corrected chi connectivity index (χ1v) is 20.0. The molecule has 8 aromatic carbocycles. The fourth-order valence-corrected chi connectivity index (χ4v) is 8.04. The van der Waals surface area contributed by atoms with Crippen LogP contribution < -0.4 is 0 Å². The Labute approximate surface area is 357 Å². The number of alkyl halides is 6. The van der Waals surface area contributed by atoms with E-state index >= 15 is 0 Å². The summed E-state index contributed by atoms with van der Waals surface area (Å²) >= 11 is 0. The average molecular weight is 839 g/mol. The largest absolute Gasteiger partial charge is 0.416 e. The fraction of sp³-hybridized carbons (Fsp3) is 0.0377. The van der Waals surface area contributed by atoms with Gasteiger partial charge in [-0.25, -0.2) is 15.0 Å². The van der Waals surface area contributed by atoms with Crippen LogP contribution in [0.3, 0.4) is 0 Å². The van der Waals surface area contributed by atoms with Crippen molar-refractivity contribution in [3.05, 3.63) is 205 Å². The van der Waals surface area contributed by atoms with Crippen molar-refractivity contribution < 1.29 is 26.3 Å². The number of halogens is 6. The molecule has 63 heavy (non-hydrogen) atoms. The second-order valence-electron chi connectivity index (χ2n) is 15.1. The fourth-order valence-electron chi connectivity index (χ4n) is 8.04. The summed E-state index contributed by atoms with van der Waals surface area (Å²) in [5, 5.41) is 1.86. The van der Waals surface area contributed by atoms with Gasteiger partial charge in [-0.15, -0.1) is 0 Å². The van der Waals surface area contributed by atoms with Crippen LogP contribution in [0.5, 0.6) is 0 Å². The maximum absolute atomic E-state index is 14.2. The van der Waals surface area contributed by atoms with Crippen molar-refractivity contribution in [2.24, 2.45) is 0 Å². The molecule has 0 saturated carbocycles. The van der Waals surface area contributed by atoms with E-state index in [1.165, 1.54) is 0 Å². The zero-order chi connectivity index (χ0) is 43.3. The smallest absolute Gasteiger partial charge is 0.308 e. The zero-order valence-electron chi connectivity index (χ0n) is 33.0. The van der Waals surface area contributed by atoms with Crippen LogP contribution in [-0.2, 0) is 12.4 Å². The van der Waals surface area contributed by atoms with Crippen LogP contribution in [0.15, 0.2) is 194 Å². The Morgan fingerprint density at radius 2 is 0.698 bits per heavy atom. The van der Waals surface area contributed by atoms with Gasteiger partial charge in [0.2, 0.25) is 0 Å². The molecule has 10 rings (SSSR count). The minimum Gasteiger partial charge on any atom is -0.308 e. The van der Waals surface area contributed by atoms with Crippen molar-refractivity contribution in [3.8, 4) is 73.2 Å². The monoisotopic (exact) mass is 838 g/mol. The molecule has 4 nitrogen and oxygen atoms in total. The molecule has 0 radical (unpaired) electrons. The minimum absolute atomic E-state index is 0.103. The number of nitrogens with zero attached hydrogens (tertiary/aromatic N) is 4. The Hall–Kier alpha value is -7.85. The van der Waals surface area contributed by atoms with Crippen molar-refractivity contribution in [1.82, 2.24) is 19.5 Å². The molecule has 0 amide bonds. The highest BCUT2D eigenvalue weighted by Gasteiger charge is 2.37. The number of fused-ring (bicyclic) bond motifs is 3. The van der Waals surface area contributed by atoms with Crippen molar-refractivity contribution in [2.45, 2.75) is 12.4 Å². The summed E-state index contributed by atoms with van der Waals surface area (Å²) in [6.45, 7) is 0. The SMILES string of the molecule is FC(F)(F)c1cc(-c2ccc(-n3c4ccc(-c5ccccc5)cc4c4cc(-c5ccccc5)ccc43)c(-c3nc(-c4ccccc4)nc(-c4ccccc4)n3)c2)cc(C(F)(F)F)c1. The Kier molecular flexibility index (Phi) is 9.71. The van der Waals surface area contributed by atoms with Gasteiger partial charge < -0.3 is 4.57 Å². The lowest BCUT2D eigenvalue weighted by atomic mass is 9.96. The molecule has 306 valence electrons. The average Bonchev–Trinajstić information content (AvgIpc) is 3.64. The molecule has 0 spiro atoms. The van der Waals surface area contributed by atoms with Gasteiger partial charge in [-0.1, -0.05) is 140 Å². The van der Waals surface area contributed by atoms with E-state index in [1.807, 2.05) is 146 Å². The van der Waals surface area contributed by atoms with E-state index in [2.05, 4.69) is 16.7 Å². The van der Waals surface area contributed by atoms with E-state index in [0.717, 1.165) is 56.2 Å². The predicted molar refractivity (Wildman–Crippen MR) is 237 cm³/mol. The van der Waals surface area contributed by atoms with Gasteiger partial charge in [0.05, 0.1) is 27.8 Å². The molecule has 0 N–H and O–H groups in total. The quantitative estimate of drug-likeness (QED) is 0.150. The van der Waals surface area contributed by atoms with Crippen LogP contribution in [0.4, 0.5) is 26.3 Å². The summed E-state index contributed by atoms with van der Waals surface area (Å²) in [6.07, 6.45) is -10.1. The van der Waals surface area contributed by atoms with E-state index in [1.54, 1.807) is 18.2 Å². The van der Waals surface area contributed by atoms with Crippen LogP contribution in [-0.4, -0.2) is 19.5 Å². The summed E-state index contributed by atoms with van der Waals surface area (Å²) in [7, 11) is 0. The number of benzene rings is 8. The molecule has 10 aromatic rings. The Bertz CT molecular complexity index is 3100. The maximum Gasteiger partial charge on any atom is 0.416 e. The third-order valence-electron chi connectivity index (χ3n) is 11.1. The molecule has 2 heterocycles. The normalized spacial score (nSPS) is 12.0. The first-order chi connectivity index (χ1) is 30.5. The van der Waals surface area contributed by atoms with E-state index in [-0.39, 0.29) is 23.0 Å². The van der Waals surface area contributed by atoms with E-state index in [0.29, 0.717) is 34.0 Å². The Morgan fingerprint density at radius 1 is 0.317 bits per heavy atom. The summed E-state index contributed by atoms with van der Waals surface area (Å²) in [5.41, 5.74) is 4.92. The molecular formula is C53H32F6N4. The Morgan fingerprint density at radius 3 is 1.13 bits per heavy atom. The van der Waals surface area contributed by atoms with E-state index < -0.39 is 23.5 Å². The molecule has 0 saturated heterocycles. The molecule has 0 bridgehead atoms. The van der Waals surface area contributed by atoms with Crippen LogP contribution >= 0.6 is 0 Å². The van der Waals surface area contributed by atoms with Gasteiger partial charge in [-0.05, 0) is 88.0 Å². The molecule has 0 aliphatic rings. The van der Waals surface area contributed by atoms with Crippen LogP contribution in [0, 0.1) is 0 Å². The molecule has 0 fully saturated rings. The highest BCUT2D eigenvalue weighted by Crippen LogP contribution is 2.43. The highest BCUT2D eigenvalue weighted by atomic mass is 19.4. The van der Waals surface area contributed by atoms with Gasteiger partial charge in [0, 0.05) is 27.5 Å². The summed E-state index contributed by atoms with van der Waals surface area (Å²) in [6, 6.07) is 57.4. The standard InChI is InChI=1S/C53H32F6N4/c54-52(55,56)41-27-40(28-42(32-41)53(57,58)59)39-23-26-48(45(31-39)51-61-49(35-17-9-3-10-18-35)60-50(62-51)36-19-11-4-12-20-36)63-46-24-21-37(33-13-5-1-6-14-33)29-43(46)44-30-38(22-25-47(44)63)34-15-7-2-8-16-34/h1-32H. The number of aromatic nitrogens is 4. The van der Waals surface area contributed by atoms with E-state index in [9.17, 15) is 26.3 Å². The first-order valence-electron chi connectivity index (χ1n) is 20.0. The highest BCUT2D eigenvalue weighted by molar-refractivity contribution is 6.12. The van der Waals surface area contributed by atoms with Crippen LogP contribution in [0.2, 0.25) is 0 Å². The lowest BCUT2D eigenvalue weighted by Gasteiger charge is -2.18. The Balaban J connectivity index is 1.29. The van der Waals surface area contributed by atoms with Gasteiger partial charge in [0.1, 0.15) is 0 Å². The predicted octanol–water partition coefficient (Wildman–Crippen LogP) is 15.0.